The van der Waals surface area contributed by atoms with E-state index in [1.807, 2.05) is 18.2 Å². The van der Waals surface area contributed by atoms with Crippen molar-refractivity contribution >= 4 is 34.2 Å². The van der Waals surface area contributed by atoms with E-state index in [1.54, 1.807) is 42.6 Å². The summed E-state index contributed by atoms with van der Waals surface area (Å²) in [6, 6.07) is 16.9. The van der Waals surface area contributed by atoms with E-state index in [-0.39, 0.29) is 24.2 Å². The Morgan fingerprint density at radius 3 is 2.86 bits per heavy atom. The molecule has 4 aromatic rings. The van der Waals surface area contributed by atoms with E-state index in [9.17, 15) is 9.59 Å². The van der Waals surface area contributed by atoms with Crippen molar-refractivity contribution in [2.45, 2.75) is 32.0 Å². The number of fused-ring (bicyclic) bond motifs is 5. The lowest BCUT2D eigenvalue weighted by Crippen LogP contribution is -2.37. The summed E-state index contributed by atoms with van der Waals surface area (Å²) >= 11 is 0. The zero-order chi connectivity index (χ0) is 24.2. The maximum absolute atomic E-state index is 13.4. The number of carbonyl (C=O) groups is 2. The Morgan fingerprint density at radius 1 is 1.08 bits per heavy atom. The molecule has 2 amide bonds. The summed E-state index contributed by atoms with van der Waals surface area (Å²) in [5.74, 6) is 1.14. The van der Waals surface area contributed by atoms with Crippen molar-refractivity contribution in [1.82, 2.24) is 19.4 Å². The van der Waals surface area contributed by atoms with E-state index in [4.69, 9.17) is 9.72 Å². The SMILES string of the molecule is O=C(CN1C(=O)c2ccccc2Oc2ncccc21)Nc1ccc2c(c1)nc1n2CCN(C2CC2)C1. The molecule has 1 aliphatic carbocycles. The first-order valence-corrected chi connectivity index (χ1v) is 12.2. The van der Waals surface area contributed by atoms with Gasteiger partial charge in [-0.2, -0.15) is 0 Å². The van der Waals surface area contributed by atoms with Gasteiger partial charge < -0.3 is 14.6 Å². The van der Waals surface area contributed by atoms with Gasteiger partial charge in [0.2, 0.25) is 11.8 Å². The van der Waals surface area contributed by atoms with Crippen LogP contribution in [-0.2, 0) is 17.9 Å². The molecule has 0 bridgehead atoms. The fraction of sp³-hybridized carbons (Fsp3) is 0.259. The number of benzene rings is 2. The van der Waals surface area contributed by atoms with Crippen molar-refractivity contribution in [3.05, 3.63) is 72.2 Å². The Bertz CT molecular complexity index is 1530. The Hall–Kier alpha value is -4.24. The van der Waals surface area contributed by atoms with Crippen molar-refractivity contribution in [1.29, 1.82) is 0 Å². The molecule has 2 aromatic carbocycles. The third-order valence-electron chi connectivity index (χ3n) is 7.04. The van der Waals surface area contributed by atoms with Gasteiger partial charge in [0.05, 0.1) is 23.1 Å². The monoisotopic (exact) mass is 480 g/mol. The van der Waals surface area contributed by atoms with E-state index in [0.717, 1.165) is 36.5 Å². The van der Waals surface area contributed by atoms with Crippen LogP contribution in [0.15, 0.2) is 60.8 Å². The smallest absolute Gasteiger partial charge is 0.262 e. The Labute approximate surface area is 207 Å². The second-order valence-electron chi connectivity index (χ2n) is 9.45. The number of anilines is 2. The number of hydrogen-bond donors (Lipinski definition) is 1. The maximum atomic E-state index is 13.4. The first-order chi connectivity index (χ1) is 17.6. The molecule has 0 radical (unpaired) electrons. The Balaban J connectivity index is 1.14. The fourth-order valence-electron chi connectivity index (χ4n) is 5.13. The fourth-order valence-corrected chi connectivity index (χ4v) is 5.13. The van der Waals surface area contributed by atoms with Gasteiger partial charge in [-0.15, -0.1) is 0 Å². The molecule has 0 spiro atoms. The molecule has 0 unspecified atom stereocenters. The molecule has 2 aliphatic heterocycles. The first-order valence-electron chi connectivity index (χ1n) is 12.2. The number of ether oxygens (including phenoxy) is 1. The molecule has 0 atom stereocenters. The van der Waals surface area contributed by atoms with Crippen LogP contribution in [0.3, 0.4) is 0 Å². The second-order valence-corrected chi connectivity index (χ2v) is 9.45. The summed E-state index contributed by atoms with van der Waals surface area (Å²) in [6.45, 7) is 2.68. The van der Waals surface area contributed by atoms with Crippen LogP contribution in [0.2, 0.25) is 0 Å². The molecule has 180 valence electrons. The molecule has 0 saturated heterocycles. The van der Waals surface area contributed by atoms with Crippen LogP contribution in [0, 0.1) is 0 Å². The zero-order valence-electron chi connectivity index (χ0n) is 19.6. The molecule has 1 N–H and O–H groups in total. The van der Waals surface area contributed by atoms with Gasteiger partial charge in [0.1, 0.15) is 23.8 Å². The van der Waals surface area contributed by atoms with E-state index in [1.165, 1.54) is 17.7 Å². The number of para-hydroxylation sites is 1. The number of nitrogens with zero attached hydrogens (tertiary/aromatic N) is 5. The third-order valence-corrected chi connectivity index (χ3v) is 7.04. The second kappa shape index (κ2) is 8.17. The largest absolute Gasteiger partial charge is 0.436 e. The van der Waals surface area contributed by atoms with E-state index in [0.29, 0.717) is 28.7 Å². The Kier molecular flexibility index (Phi) is 4.78. The highest BCUT2D eigenvalue weighted by Crippen LogP contribution is 2.37. The molecule has 4 heterocycles. The highest BCUT2D eigenvalue weighted by Gasteiger charge is 2.33. The zero-order valence-corrected chi connectivity index (χ0v) is 19.6. The predicted molar refractivity (Wildman–Crippen MR) is 134 cm³/mol. The van der Waals surface area contributed by atoms with Crippen LogP contribution in [0.25, 0.3) is 11.0 Å². The van der Waals surface area contributed by atoms with Crippen LogP contribution < -0.4 is 15.0 Å². The van der Waals surface area contributed by atoms with Gasteiger partial charge in [-0.05, 0) is 55.3 Å². The van der Waals surface area contributed by atoms with Crippen LogP contribution in [-0.4, -0.2) is 50.4 Å². The minimum atomic E-state index is -0.319. The topological polar surface area (TPSA) is 92.6 Å². The minimum Gasteiger partial charge on any atom is -0.436 e. The number of rotatable bonds is 4. The van der Waals surface area contributed by atoms with Crippen molar-refractivity contribution in [3.8, 4) is 11.6 Å². The molecule has 1 saturated carbocycles. The predicted octanol–water partition coefficient (Wildman–Crippen LogP) is 3.80. The average Bonchev–Trinajstić information content (AvgIpc) is 3.69. The summed E-state index contributed by atoms with van der Waals surface area (Å²) in [5, 5.41) is 2.94. The van der Waals surface area contributed by atoms with Crippen LogP contribution in [0.1, 0.15) is 29.0 Å². The maximum Gasteiger partial charge on any atom is 0.262 e. The summed E-state index contributed by atoms with van der Waals surface area (Å²) < 4.78 is 8.17. The van der Waals surface area contributed by atoms with Gasteiger partial charge in [0.15, 0.2) is 0 Å². The number of amides is 2. The molecular formula is C27H24N6O3. The molecule has 3 aliphatic rings. The lowest BCUT2D eigenvalue weighted by molar-refractivity contribution is -0.114. The van der Waals surface area contributed by atoms with Gasteiger partial charge in [0, 0.05) is 31.0 Å². The van der Waals surface area contributed by atoms with Crippen LogP contribution >= 0.6 is 0 Å². The number of nitrogens with one attached hydrogen (secondary N) is 1. The van der Waals surface area contributed by atoms with Crippen molar-refractivity contribution in [3.63, 3.8) is 0 Å². The molecule has 1 fully saturated rings. The standard InChI is InChI=1S/C27H24N6O3/c34-25(16-33-22-5-3-11-28-26(22)36-23-6-2-1-4-19(23)27(33)35)29-17-7-10-21-20(14-17)30-24-15-31(18-8-9-18)12-13-32(21)24/h1-7,10-11,14,18H,8-9,12-13,15-16H2,(H,29,34). The molecule has 36 heavy (non-hydrogen) atoms. The van der Waals surface area contributed by atoms with E-state index < -0.39 is 0 Å². The Morgan fingerprint density at radius 2 is 1.97 bits per heavy atom. The lowest BCUT2D eigenvalue weighted by Gasteiger charge is -2.27. The first kappa shape index (κ1) is 21.1. The molecule has 2 aromatic heterocycles. The van der Waals surface area contributed by atoms with Gasteiger partial charge in [0.25, 0.3) is 5.91 Å². The summed E-state index contributed by atoms with van der Waals surface area (Å²) in [4.78, 5) is 39.5. The molecule has 9 heteroatoms. The van der Waals surface area contributed by atoms with Gasteiger partial charge in [-0.3, -0.25) is 19.4 Å². The van der Waals surface area contributed by atoms with Crippen LogP contribution in [0.4, 0.5) is 11.4 Å². The summed E-state index contributed by atoms with van der Waals surface area (Å²) in [7, 11) is 0. The quantitative estimate of drug-likeness (QED) is 0.478. The number of hydrogen-bond acceptors (Lipinski definition) is 6. The number of carbonyl (C=O) groups excluding carboxylic acids is 2. The van der Waals surface area contributed by atoms with Crippen molar-refractivity contribution in [2.24, 2.45) is 0 Å². The van der Waals surface area contributed by atoms with Gasteiger partial charge in [-0.25, -0.2) is 9.97 Å². The molecule has 7 rings (SSSR count). The third kappa shape index (κ3) is 3.59. The number of imidazole rings is 1. The van der Waals surface area contributed by atoms with Gasteiger partial charge >= 0.3 is 0 Å². The summed E-state index contributed by atoms with van der Waals surface area (Å²) in [5.41, 5.74) is 3.42. The minimum absolute atomic E-state index is 0.177. The number of aromatic nitrogens is 3. The van der Waals surface area contributed by atoms with Crippen molar-refractivity contribution in [2.75, 3.05) is 23.3 Å². The van der Waals surface area contributed by atoms with E-state index >= 15 is 0 Å². The van der Waals surface area contributed by atoms with Crippen LogP contribution in [0.5, 0.6) is 11.6 Å². The van der Waals surface area contributed by atoms with E-state index in [2.05, 4.69) is 19.8 Å². The highest BCUT2D eigenvalue weighted by molar-refractivity contribution is 6.12. The molecular weight excluding hydrogens is 456 g/mol. The normalized spacial score (nSPS) is 17.1. The average molecular weight is 481 g/mol. The highest BCUT2D eigenvalue weighted by atomic mass is 16.5. The van der Waals surface area contributed by atoms with Gasteiger partial charge in [-0.1, -0.05) is 12.1 Å². The molecule has 9 nitrogen and oxygen atoms in total. The summed E-state index contributed by atoms with van der Waals surface area (Å²) in [6.07, 6.45) is 4.17. The van der Waals surface area contributed by atoms with Crippen molar-refractivity contribution < 1.29 is 14.3 Å². The lowest BCUT2D eigenvalue weighted by atomic mass is 10.1. The number of pyridine rings is 1.